The minimum absolute atomic E-state index is 0.136. The van der Waals surface area contributed by atoms with Crippen molar-refractivity contribution >= 4 is 39.2 Å². The highest BCUT2D eigenvalue weighted by Gasteiger charge is 2.28. The number of nitrogens with one attached hydrogen (secondary N) is 1. The van der Waals surface area contributed by atoms with Crippen LogP contribution in [0.25, 0.3) is 33.3 Å². The van der Waals surface area contributed by atoms with Gasteiger partial charge in [-0.1, -0.05) is 12.1 Å². The normalized spacial score (nSPS) is 15.6. The van der Waals surface area contributed by atoms with Crippen molar-refractivity contribution in [1.29, 1.82) is 0 Å². The van der Waals surface area contributed by atoms with Crippen LogP contribution in [0, 0.1) is 0 Å². The maximum Gasteiger partial charge on any atom is 0.221 e. The van der Waals surface area contributed by atoms with E-state index in [1.54, 1.807) is 18.2 Å². The van der Waals surface area contributed by atoms with E-state index in [-0.39, 0.29) is 11.3 Å². The molecular formula is C24H21N3O3. The Kier molecular flexibility index (Phi) is 3.66. The van der Waals surface area contributed by atoms with Gasteiger partial charge in [-0.15, -0.1) is 0 Å². The van der Waals surface area contributed by atoms with E-state index in [2.05, 4.69) is 16.3 Å². The van der Waals surface area contributed by atoms with Gasteiger partial charge in [0.25, 0.3) is 0 Å². The number of nitrogens with zero attached hydrogens (tertiary/aromatic N) is 2. The number of aromatic nitrogens is 1. The zero-order chi connectivity index (χ0) is 20.4. The number of rotatable bonds is 1. The van der Waals surface area contributed by atoms with Crippen LogP contribution in [0.5, 0.6) is 0 Å². The largest absolute Gasteiger partial charge is 0.452 e. The summed E-state index contributed by atoms with van der Waals surface area (Å²) in [7, 11) is 0. The molecule has 2 aromatic rings. The summed E-state index contributed by atoms with van der Waals surface area (Å²) >= 11 is 0. The van der Waals surface area contributed by atoms with Crippen molar-refractivity contribution in [2.45, 2.75) is 32.6 Å². The molecule has 6 nitrogen and oxygen atoms in total. The molecule has 6 rings (SSSR count). The van der Waals surface area contributed by atoms with Crippen LogP contribution in [-0.4, -0.2) is 24.0 Å². The summed E-state index contributed by atoms with van der Waals surface area (Å²) in [6.07, 6.45) is 4.25. The molecule has 0 bridgehead atoms. The fourth-order valence-electron chi connectivity index (χ4n) is 5.12. The number of amides is 1. The van der Waals surface area contributed by atoms with E-state index in [1.165, 1.54) is 29.8 Å². The van der Waals surface area contributed by atoms with Crippen molar-refractivity contribution < 1.29 is 9.21 Å². The van der Waals surface area contributed by atoms with Crippen LogP contribution in [0.2, 0.25) is 0 Å². The lowest BCUT2D eigenvalue weighted by Gasteiger charge is -2.37. The van der Waals surface area contributed by atoms with Gasteiger partial charge in [0, 0.05) is 48.1 Å². The molecule has 0 saturated heterocycles. The Bertz CT molecular complexity index is 1390. The molecule has 4 aliphatic rings. The first-order valence-corrected chi connectivity index (χ1v) is 10.5. The molecule has 3 aliphatic heterocycles. The second-order valence-electron chi connectivity index (χ2n) is 8.25. The lowest BCUT2D eigenvalue weighted by molar-refractivity contribution is -0.114. The van der Waals surface area contributed by atoms with Crippen LogP contribution < -0.4 is 15.6 Å². The maximum absolute atomic E-state index is 12.8. The molecule has 6 heteroatoms. The van der Waals surface area contributed by atoms with Crippen molar-refractivity contribution in [3.63, 3.8) is 0 Å². The van der Waals surface area contributed by atoms with Gasteiger partial charge in [-0.25, -0.2) is 4.98 Å². The minimum atomic E-state index is -0.191. The number of carbonyl (C=O) groups is 1. The Balaban J connectivity index is 1.73. The minimum Gasteiger partial charge on any atom is -0.452 e. The Morgan fingerprint density at radius 3 is 2.83 bits per heavy atom. The number of hydrogen-bond acceptors (Lipinski definition) is 5. The van der Waals surface area contributed by atoms with Gasteiger partial charge in [-0.3, -0.25) is 9.59 Å². The quantitative estimate of drug-likeness (QED) is 0.385. The van der Waals surface area contributed by atoms with E-state index < -0.39 is 0 Å². The molecular weight excluding hydrogens is 378 g/mol. The molecule has 0 radical (unpaired) electrons. The third kappa shape index (κ3) is 2.46. The number of benzene rings is 3. The number of fused-ring (bicyclic) bond motifs is 5. The van der Waals surface area contributed by atoms with Crippen LogP contribution >= 0.6 is 0 Å². The van der Waals surface area contributed by atoms with E-state index in [9.17, 15) is 9.59 Å². The Morgan fingerprint density at radius 1 is 1.17 bits per heavy atom. The van der Waals surface area contributed by atoms with Crippen molar-refractivity contribution in [3.05, 3.63) is 51.7 Å². The summed E-state index contributed by atoms with van der Waals surface area (Å²) in [5, 5.41) is 4.00. The van der Waals surface area contributed by atoms with Crippen molar-refractivity contribution in [3.8, 4) is 11.5 Å². The highest BCUT2D eigenvalue weighted by atomic mass is 16.3. The molecule has 2 aromatic carbocycles. The van der Waals surface area contributed by atoms with Crippen LogP contribution in [0.3, 0.4) is 0 Å². The third-order valence-corrected chi connectivity index (χ3v) is 6.27. The van der Waals surface area contributed by atoms with Gasteiger partial charge in [0.1, 0.15) is 11.2 Å². The topological polar surface area (TPSA) is 75.4 Å². The molecule has 3 heterocycles. The number of aryl methyl sites for hydroxylation is 2. The van der Waals surface area contributed by atoms with Crippen molar-refractivity contribution in [2.75, 3.05) is 23.3 Å². The second-order valence-corrected chi connectivity index (χ2v) is 8.25. The van der Waals surface area contributed by atoms with E-state index in [1.807, 2.05) is 0 Å². The van der Waals surface area contributed by atoms with Gasteiger partial charge in [0.05, 0.1) is 5.69 Å². The second kappa shape index (κ2) is 6.29. The summed E-state index contributed by atoms with van der Waals surface area (Å²) in [4.78, 5) is 32.0. The molecule has 0 atom stereocenters. The van der Waals surface area contributed by atoms with Gasteiger partial charge in [0.2, 0.25) is 5.91 Å². The molecule has 0 unspecified atom stereocenters. The average molecular weight is 399 g/mol. The van der Waals surface area contributed by atoms with Gasteiger partial charge in [-0.2, -0.15) is 0 Å². The van der Waals surface area contributed by atoms with Crippen LogP contribution in [-0.2, 0) is 17.6 Å². The number of hydrogen-bond donors (Lipinski definition) is 1. The summed E-state index contributed by atoms with van der Waals surface area (Å²) in [5.74, 6) is 0.269. The summed E-state index contributed by atoms with van der Waals surface area (Å²) in [6.45, 7) is 3.63. The molecule has 0 saturated carbocycles. The number of carbonyl (C=O) groups excluding carboxylic acids is 1. The summed E-state index contributed by atoms with van der Waals surface area (Å²) in [5.41, 5.74) is 6.51. The monoisotopic (exact) mass is 399 g/mol. The Labute approximate surface area is 172 Å². The van der Waals surface area contributed by atoms with E-state index in [0.717, 1.165) is 49.9 Å². The first-order chi connectivity index (χ1) is 14.6. The van der Waals surface area contributed by atoms with Crippen LogP contribution in [0.15, 0.2) is 39.5 Å². The molecule has 0 aromatic heterocycles. The van der Waals surface area contributed by atoms with Gasteiger partial charge in [-0.05, 0) is 43.4 Å². The summed E-state index contributed by atoms with van der Waals surface area (Å²) < 4.78 is 6.36. The molecule has 30 heavy (non-hydrogen) atoms. The highest BCUT2D eigenvalue weighted by molar-refractivity contribution is 6.08. The number of anilines is 2. The van der Waals surface area contributed by atoms with Gasteiger partial charge < -0.3 is 14.6 Å². The highest BCUT2D eigenvalue weighted by Crippen LogP contribution is 2.42. The first-order valence-electron chi connectivity index (χ1n) is 10.5. The standard InChI is InChI=1S/C24H21N3O3/c1-13(28)25-17-8-2-6-15-19(29)12-20-22(21(15)17)26-18-11-14-5-3-9-27-10-4-7-16(23(14)27)24(18)30-20/h2,6,8,11-12H,3-5,7,9-10H2,1H3,(H,25,28). The third-order valence-electron chi connectivity index (χ3n) is 6.27. The zero-order valence-corrected chi connectivity index (χ0v) is 16.7. The Morgan fingerprint density at radius 2 is 2.00 bits per heavy atom. The Hall–Kier alpha value is -3.41. The molecule has 1 N–H and O–H groups in total. The average Bonchev–Trinajstić information content (AvgIpc) is 2.73. The fourth-order valence-corrected chi connectivity index (χ4v) is 5.12. The maximum atomic E-state index is 12.8. The molecule has 150 valence electrons. The predicted octanol–water partition coefficient (Wildman–Crippen LogP) is 4.10. The fraction of sp³-hybridized carbons (Fsp3) is 0.292. The van der Waals surface area contributed by atoms with Crippen molar-refractivity contribution in [1.82, 2.24) is 4.98 Å². The predicted molar refractivity (Wildman–Crippen MR) is 118 cm³/mol. The SMILES string of the molecule is CC(=O)Nc1cccc2c(=O)cc3oc4c5c6c(cc4nc-3c12)CCCN6CCC5. The first kappa shape index (κ1) is 17.4. The molecule has 0 fully saturated rings. The van der Waals surface area contributed by atoms with E-state index in [4.69, 9.17) is 9.40 Å². The van der Waals surface area contributed by atoms with Gasteiger partial charge >= 0.3 is 0 Å². The lowest BCUT2D eigenvalue weighted by atomic mass is 9.91. The summed E-state index contributed by atoms with van der Waals surface area (Å²) in [6, 6.07) is 9.00. The van der Waals surface area contributed by atoms with Crippen molar-refractivity contribution in [2.24, 2.45) is 0 Å². The van der Waals surface area contributed by atoms with E-state index in [0.29, 0.717) is 27.9 Å². The van der Waals surface area contributed by atoms with Crippen LogP contribution in [0.1, 0.15) is 30.9 Å². The molecule has 1 aliphatic carbocycles. The molecule has 1 amide bonds. The smallest absolute Gasteiger partial charge is 0.221 e. The van der Waals surface area contributed by atoms with E-state index >= 15 is 0 Å². The van der Waals surface area contributed by atoms with Gasteiger partial charge in [0.15, 0.2) is 16.8 Å². The zero-order valence-electron chi connectivity index (χ0n) is 16.7. The molecule has 0 spiro atoms. The lowest BCUT2D eigenvalue weighted by Crippen LogP contribution is -2.34. The van der Waals surface area contributed by atoms with Crippen LogP contribution in [0.4, 0.5) is 11.4 Å².